The highest BCUT2D eigenvalue weighted by Gasteiger charge is 2.26. The standard InChI is InChI=1S/C12H14Br2O4/c1-16-8-5-4-7(6-9(8)17-2)10(13)11(14)12(15)18-3/h4-6,10-11H,1-3H3/t10-,11-/m0/s1. The monoisotopic (exact) mass is 380 g/mol. The van der Waals surface area contributed by atoms with Gasteiger partial charge in [0, 0.05) is 0 Å². The van der Waals surface area contributed by atoms with E-state index < -0.39 is 4.83 Å². The zero-order valence-electron chi connectivity index (χ0n) is 10.3. The van der Waals surface area contributed by atoms with E-state index in [1.165, 1.54) is 7.11 Å². The summed E-state index contributed by atoms with van der Waals surface area (Å²) in [5.74, 6) is 0.917. The molecule has 0 N–H and O–H groups in total. The Kier molecular flexibility index (Phi) is 5.95. The first kappa shape index (κ1) is 15.3. The van der Waals surface area contributed by atoms with Gasteiger partial charge in [-0.15, -0.1) is 0 Å². The van der Waals surface area contributed by atoms with Gasteiger partial charge in [-0.1, -0.05) is 37.9 Å². The van der Waals surface area contributed by atoms with Crippen LogP contribution in [0.3, 0.4) is 0 Å². The lowest BCUT2D eigenvalue weighted by Crippen LogP contribution is -2.20. The van der Waals surface area contributed by atoms with Crippen LogP contribution in [-0.2, 0) is 9.53 Å². The molecule has 100 valence electrons. The number of ether oxygens (including phenoxy) is 3. The van der Waals surface area contributed by atoms with Crippen molar-refractivity contribution in [3.05, 3.63) is 23.8 Å². The number of halogens is 2. The van der Waals surface area contributed by atoms with E-state index in [2.05, 4.69) is 36.6 Å². The number of hydrogen-bond donors (Lipinski definition) is 0. The van der Waals surface area contributed by atoms with Gasteiger partial charge in [-0.25, -0.2) is 0 Å². The van der Waals surface area contributed by atoms with Crippen LogP contribution in [-0.4, -0.2) is 32.1 Å². The summed E-state index contributed by atoms with van der Waals surface area (Å²) in [5.41, 5.74) is 0.889. The van der Waals surface area contributed by atoms with Crippen molar-refractivity contribution in [2.45, 2.75) is 9.65 Å². The second-order valence-electron chi connectivity index (χ2n) is 3.44. The minimum atomic E-state index is -0.472. The Bertz CT molecular complexity index is 423. The van der Waals surface area contributed by atoms with Crippen LogP contribution in [0.25, 0.3) is 0 Å². The number of alkyl halides is 2. The lowest BCUT2D eigenvalue weighted by atomic mass is 10.1. The zero-order valence-corrected chi connectivity index (χ0v) is 13.4. The molecule has 0 heterocycles. The van der Waals surface area contributed by atoms with Crippen molar-refractivity contribution < 1.29 is 19.0 Å². The molecule has 0 radical (unpaired) electrons. The Morgan fingerprint density at radius 3 is 2.22 bits per heavy atom. The summed E-state index contributed by atoms with van der Waals surface area (Å²) in [6.45, 7) is 0. The molecule has 0 saturated carbocycles. The zero-order chi connectivity index (χ0) is 13.7. The van der Waals surface area contributed by atoms with Crippen molar-refractivity contribution >= 4 is 37.8 Å². The van der Waals surface area contributed by atoms with Gasteiger partial charge < -0.3 is 14.2 Å². The Labute approximate surface area is 123 Å². The minimum absolute atomic E-state index is 0.218. The molecule has 0 unspecified atom stereocenters. The van der Waals surface area contributed by atoms with Crippen molar-refractivity contribution in [1.82, 2.24) is 0 Å². The van der Waals surface area contributed by atoms with Gasteiger partial charge in [0.2, 0.25) is 0 Å². The molecular formula is C12H14Br2O4. The van der Waals surface area contributed by atoms with Gasteiger partial charge in [-0.2, -0.15) is 0 Å². The quantitative estimate of drug-likeness (QED) is 0.580. The van der Waals surface area contributed by atoms with Crippen LogP contribution < -0.4 is 9.47 Å². The largest absolute Gasteiger partial charge is 0.493 e. The summed E-state index contributed by atoms with van der Waals surface area (Å²) in [6.07, 6.45) is 0. The molecule has 0 saturated heterocycles. The maximum Gasteiger partial charge on any atom is 0.320 e. The van der Waals surface area contributed by atoms with Crippen molar-refractivity contribution in [2.24, 2.45) is 0 Å². The molecule has 2 atom stereocenters. The molecule has 0 fully saturated rings. The first-order valence-electron chi connectivity index (χ1n) is 5.13. The van der Waals surface area contributed by atoms with E-state index in [1.807, 2.05) is 12.1 Å². The van der Waals surface area contributed by atoms with Crippen LogP contribution in [0.15, 0.2) is 18.2 Å². The van der Waals surface area contributed by atoms with Gasteiger partial charge in [0.25, 0.3) is 0 Å². The topological polar surface area (TPSA) is 44.8 Å². The van der Waals surface area contributed by atoms with Crippen LogP contribution in [0.5, 0.6) is 11.5 Å². The summed E-state index contributed by atoms with van der Waals surface area (Å²) in [5, 5.41) is 0. The van der Waals surface area contributed by atoms with Gasteiger partial charge in [0.1, 0.15) is 4.83 Å². The lowest BCUT2D eigenvalue weighted by Gasteiger charge is -2.16. The van der Waals surface area contributed by atoms with Crippen LogP contribution in [0, 0.1) is 0 Å². The lowest BCUT2D eigenvalue weighted by molar-refractivity contribution is -0.139. The summed E-state index contributed by atoms with van der Waals surface area (Å²) >= 11 is 6.75. The summed E-state index contributed by atoms with van der Waals surface area (Å²) < 4.78 is 15.1. The fraction of sp³-hybridized carbons (Fsp3) is 0.417. The highest BCUT2D eigenvalue weighted by Crippen LogP contribution is 2.36. The van der Waals surface area contributed by atoms with Gasteiger partial charge >= 0.3 is 5.97 Å². The average molecular weight is 382 g/mol. The number of benzene rings is 1. The number of methoxy groups -OCH3 is 3. The minimum Gasteiger partial charge on any atom is -0.493 e. The Hall–Kier alpha value is -0.750. The predicted octanol–water partition coefficient (Wildman–Crippen LogP) is 3.08. The number of hydrogen-bond acceptors (Lipinski definition) is 4. The molecule has 0 aromatic heterocycles. The Morgan fingerprint density at radius 1 is 1.11 bits per heavy atom. The second-order valence-corrected chi connectivity index (χ2v) is 5.41. The molecule has 1 aromatic carbocycles. The molecule has 1 rings (SSSR count). The molecule has 0 aliphatic heterocycles. The van der Waals surface area contributed by atoms with Crippen molar-refractivity contribution in [3.63, 3.8) is 0 Å². The van der Waals surface area contributed by atoms with E-state index in [9.17, 15) is 4.79 Å². The van der Waals surface area contributed by atoms with Crippen molar-refractivity contribution in [3.8, 4) is 11.5 Å². The van der Waals surface area contributed by atoms with E-state index in [4.69, 9.17) is 9.47 Å². The summed E-state index contributed by atoms with van der Waals surface area (Å²) in [7, 11) is 4.49. The van der Waals surface area contributed by atoms with E-state index in [1.54, 1.807) is 20.3 Å². The van der Waals surface area contributed by atoms with Crippen LogP contribution in [0.1, 0.15) is 10.4 Å². The predicted molar refractivity (Wildman–Crippen MR) is 75.9 cm³/mol. The van der Waals surface area contributed by atoms with Crippen LogP contribution >= 0.6 is 31.9 Å². The molecule has 4 nitrogen and oxygen atoms in total. The molecule has 0 aliphatic rings. The highest BCUT2D eigenvalue weighted by atomic mass is 79.9. The van der Waals surface area contributed by atoms with Gasteiger partial charge in [-0.05, 0) is 17.7 Å². The third-order valence-corrected chi connectivity index (χ3v) is 5.08. The molecule has 18 heavy (non-hydrogen) atoms. The second kappa shape index (κ2) is 6.99. The van der Waals surface area contributed by atoms with Crippen molar-refractivity contribution in [1.29, 1.82) is 0 Å². The fourth-order valence-corrected chi connectivity index (χ4v) is 2.42. The fourth-order valence-electron chi connectivity index (χ4n) is 1.43. The molecule has 1 aromatic rings. The summed E-state index contributed by atoms with van der Waals surface area (Å²) in [4.78, 5) is 10.8. The van der Waals surface area contributed by atoms with Gasteiger partial charge in [0.05, 0.1) is 26.2 Å². The van der Waals surface area contributed by atoms with E-state index in [-0.39, 0.29) is 10.8 Å². The molecule has 0 amide bonds. The third kappa shape index (κ3) is 3.38. The van der Waals surface area contributed by atoms with E-state index in [0.29, 0.717) is 11.5 Å². The van der Waals surface area contributed by atoms with Crippen LogP contribution in [0.2, 0.25) is 0 Å². The maximum absolute atomic E-state index is 11.4. The number of rotatable bonds is 5. The number of esters is 1. The third-order valence-electron chi connectivity index (χ3n) is 2.41. The first-order valence-corrected chi connectivity index (χ1v) is 6.96. The Balaban J connectivity index is 2.99. The molecule has 0 spiro atoms. The van der Waals surface area contributed by atoms with Crippen molar-refractivity contribution in [2.75, 3.05) is 21.3 Å². The van der Waals surface area contributed by atoms with Crippen LogP contribution in [0.4, 0.5) is 0 Å². The highest BCUT2D eigenvalue weighted by molar-refractivity contribution is 9.12. The van der Waals surface area contributed by atoms with E-state index >= 15 is 0 Å². The molecule has 6 heteroatoms. The Morgan fingerprint density at radius 2 is 1.72 bits per heavy atom. The summed E-state index contributed by atoms with van der Waals surface area (Å²) in [6, 6.07) is 5.47. The maximum atomic E-state index is 11.4. The normalized spacial score (nSPS) is 13.6. The SMILES string of the molecule is COC(=O)[C@@H](Br)[C@@H](Br)c1ccc(OC)c(OC)c1. The number of carbonyl (C=O) groups excluding carboxylic acids is 1. The molecular weight excluding hydrogens is 368 g/mol. The number of carbonyl (C=O) groups is 1. The van der Waals surface area contributed by atoms with E-state index in [0.717, 1.165) is 5.56 Å². The van der Waals surface area contributed by atoms with Gasteiger partial charge in [-0.3, -0.25) is 4.79 Å². The first-order chi connectivity index (χ1) is 8.54. The van der Waals surface area contributed by atoms with Gasteiger partial charge in [0.15, 0.2) is 11.5 Å². The molecule has 0 aliphatic carbocycles. The molecule has 0 bridgehead atoms. The average Bonchev–Trinajstić information content (AvgIpc) is 2.43. The smallest absolute Gasteiger partial charge is 0.320 e.